The monoisotopic (exact) mass is 257 g/mol. The highest BCUT2D eigenvalue weighted by Gasteiger charge is 2.12. The lowest BCUT2D eigenvalue weighted by Crippen LogP contribution is -2.27. The molecule has 0 fully saturated rings. The molecule has 0 aliphatic rings. The van der Waals surface area contributed by atoms with Gasteiger partial charge in [0.1, 0.15) is 0 Å². The Kier molecular flexibility index (Phi) is 4.74. The first-order chi connectivity index (χ1) is 9.20. The van der Waals surface area contributed by atoms with E-state index in [0.717, 1.165) is 19.5 Å². The average Bonchev–Trinajstić information content (AvgIpc) is 2.81. The highest BCUT2D eigenvalue weighted by molar-refractivity contribution is 5.24. The smallest absolute Gasteiger partial charge is 0.0607 e. The third-order valence-electron chi connectivity index (χ3n) is 3.40. The van der Waals surface area contributed by atoms with Gasteiger partial charge >= 0.3 is 0 Å². The van der Waals surface area contributed by atoms with Crippen LogP contribution in [0.2, 0.25) is 0 Å². The number of aryl methyl sites for hydroxylation is 2. The van der Waals surface area contributed by atoms with E-state index < -0.39 is 0 Å². The summed E-state index contributed by atoms with van der Waals surface area (Å²) in [4.78, 5) is 0. The van der Waals surface area contributed by atoms with Gasteiger partial charge in [0.25, 0.3) is 0 Å². The maximum absolute atomic E-state index is 4.38. The van der Waals surface area contributed by atoms with Crippen molar-refractivity contribution in [3.63, 3.8) is 0 Å². The molecule has 0 saturated carbocycles. The maximum atomic E-state index is 4.38. The third kappa shape index (κ3) is 3.67. The van der Waals surface area contributed by atoms with E-state index in [1.165, 1.54) is 16.8 Å². The fourth-order valence-electron chi connectivity index (χ4n) is 2.17. The number of nitrogens with zero attached hydrogens (tertiary/aromatic N) is 2. The first-order valence-electron chi connectivity index (χ1n) is 6.99. The lowest BCUT2D eigenvalue weighted by atomic mass is 10.0. The highest BCUT2D eigenvalue weighted by atomic mass is 15.3. The number of aromatic nitrogens is 2. The van der Waals surface area contributed by atoms with Crippen molar-refractivity contribution < 1.29 is 0 Å². The zero-order valence-electron chi connectivity index (χ0n) is 12.1. The summed E-state index contributed by atoms with van der Waals surface area (Å²) in [6.45, 7) is 8.31. The molecule has 0 aliphatic carbocycles. The van der Waals surface area contributed by atoms with Crippen molar-refractivity contribution in [3.8, 4) is 0 Å². The first kappa shape index (κ1) is 13.8. The van der Waals surface area contributed by atoms with Crippen molar-refractivity contribution in [1.29, 1.82) is 0 Å². The molecule has 1 unspecified atom stereocenters. The molecule has 3 nitrogen and oxygen atoms in total. The van der Waals surface area contributed by atoms with Gasteiger partial charge in [0.05, 0.1) is 12.6 Å². The second-order valence-electron chi connectivity index (χ2n) is 5.07. The van der Waals surface area contributed by atoms with Crippen LogP contribution in [-0.2, 0) is 6.54 Å². The van der Waals surface area contributed by atoms with Crippen molar-refractivity contribution in [2.24, 2.45) is 0 Å². The maximum Gasteiger partial charge on any atom is 0.0607 e. The molecule has 1 heterocycles. The van der Waals surface area contributed by atoms with E-state index in [-0.39, 0.29) is 0 Å². The molecule has 0 spiro atoms. The Hall–Kier alpha value is -1.61. The third-order valence-corrected chi connectivity index (χ3v) is 3.40. The molecule has 0 radical (unpaired) electrons. The largest absolute Gasteiger partial charge is 0.308 e. The quantitative estimate of drug-likeness (QED) is 0.861. The lowest BCUT2D eigenvalue weighted by molar-refractivity contribution is 0.433. The summed E-state index contributed by atoms with van der Waals surface area (Å²) in [5.41, 5.74) is 3.83. The molecule has 1 aromatic carbocycles. The minimum atomic E-state index is 0.319. The molecular formula is C16H23N3. The zero-order valence-corrected chi connectivity index (χ0v) is 12.1. The number of hydrogen-bond donors (Lipinski definition) is 1. The van der Waals surface area contributed by atoms with Crippen LogP contribution in [0.1, 0.15) is 36.2 Å². The normalized spacial score (nSPS) is 12.6. The molecule has 0 amide bonds. The average molecular weight is 257 g/mol. The van der Waals surface area contributed by atoms with Crippen LogP contribution >= 0.6 is 0 Å². The van der Waals surface area contributed by atoms with Gasteiger partial charge in [-0.1, -0.05) is 36.8 Å². The van der Waals surface area contributed by atoms with Crippen LogP contribution in [0.5, 0.6) is 0 Å². The molecule has 1 atom stereocenters. The highest BCUT2D eigenvalue weighted by Crippen LogP contribution is 2.16. The summed E-state index contributed by atoms with van der Waals surface area (Å²) >= 11 is 0. The Morgan fingerprint density at radius 1 is 1.16 bits per heavy atom. The molecular weight excluding hydrogens is 234 g/mol. The Bertz CT molecular complexity index is 499. The van der Waals surface area contributed by atoms with E-state index >= 15 is 0 Å². The Balaban J connectivity index is 2.15. The minimum absolute atomic E-state index is 0.319. The van der Waals surface area contributed by atoms with Crippen LogP contribution in [0.3, 0.4) is 0 Å². The molecule has 2 aromatic rings. The molecule has 0 saturated heterocycles. The standard InChI is InChI=1S/C16H23N3/c1-4-10-17-16(12-19-14(3)9-11-18-19)15-7-5-13(2)6-8-15/h5-9,11,16-17H,4,10,12H2,1-3H3. The fourth-order valence-corrected chi connectivity index (χ4v) is 2.17. The van der Waals surface area contributed by atoms with E-state index in [1.54, 1.807) is 0 Å². The summed E-state index contributed by atoms with van der Waals surface area (Å²) in [7, 11) is 0. The number of hydrogen-bond acceptors (Lipinski definition) is 2. The summed E-state index contributed by atoms with van der Waals surface area (Å²) in [6.07, 6.45) is 3.00. The van der Waals surface area contributed by atoms with Crippen molar-refractivity contribution in [2.75, 3.05) is 6.54 Å². The van der Waals surface area contributed by atoms with Gasteiger partial charge < -0.3 is 5.32 Å². The fraction of sp³-hybridized carbons (Fsp3) is 0.438. The molecule has 0 aliphatic heterocycles. The predicted molar refractivity (Wildman–Crippen MR) is 79.2 cm³/mol. The summed E-state index contributed by atoms with van der Waals surface area (Å²) in [6, 6.07) is 11.1. The van der Waals surface area contributed by atoms with Crippen LogP contribution in [-0.4, -0.2) is 16.3 Å². The van der Waals surface area contributed by atoms with E-state index in [9.17, 15) is 0 Å². The van der Waals surface area contributed by atoms with Gasteiger partial charge in [-0.3, -0.25) is 4.68 Å². The summed E-state index contributed by atoms with van der Waals surface area (Å²) in [5.74, 6) is 0. The lowest BCUT2D eigenvalue weighted by Gasteiger charge is -2.20. The van der Waals surface area contributed by atoms with Gasteiger partial charge in [-0.15, -0.1) is 0 Å². The Morgan fingerprint density at radius 3 is 2.47 bits per heavy atom. The van der Waals surface area contributed by atoms with Crippen LogP contribution in [0, 0.1) is 13.8 Å². The summed E-state index contributed by atoms with van der Waals surface area (Å²) in [5, 5.41) is 7.99. The van der Waals surface area contributed by atoms with E-state index in [2.05, 4.69) is 60.1 Å². The van der Waals surface area contributed by atoms with E-state index in [1.807, 2.05) is 12.3 Å². The van der Waals surface area contributed by atoms with Crippen molar-refractivity contribution in [3.05, 3.63) is 53.3 Å². The Morgan fingerprint density at radius 2 is 1.89 bits per heavy atom. The minimum Gasteiger partial charge on any atom is -0.308 e. The predicted octanol–water partition coefficient (Wildman–Crippen LogP) is 3.24. The molecule has 2 rings (SSSR count). The number of rotatable bonds is 6. The van der Waals surface area contributed by atoms with Gasteiger partial charge in [0.2, 0.25) is 0 Å². The van der Waals surface area contributed by atoms with Crippen LogP contribution < -0.4 is 5.32 Å². The van der Waals surface area contributed by atoms with Gasteiger partial charge in [0, 0.05) is 11.9 Å². The van der Waals surface area contributed by atoms with Crippen LogP contribution in [0.15, 0.2) is 36.5 Å². The molecule has 1 N–H and O–H groups in total. The van der Waals surface area contributed by atoms with Crippen molar-refractivity contribution >= 4 is 0 Å². The van der Waals surface area contributed by atoms with Gasteiger partial charge in [-0.25, -0.2) is 0 Å². The van der Waals surface area contributed by atoms with Crippen LogP contribution in [0.25, 0.3) is 0 Å². The molecule has 19 heavy (non-hydrogen) atoms. The SMILES string of the molecule is CCCNC(Cn1nccc1C)c1ccc(C)cc1. The van der Waals surface area contributed by atoms with Crippen molar-refractivity contribution in [2.45, 2.75) is 39.8 Å². The molecule has 102 valence electrons. The van der Waals surface area contributed by atoms with Gasteiger partial charge in [0.15, 0.2) is 0 Å². The summed E-state index contributed by atoms with van der Waals surface area (Å²) < 4.78 is 2.06. The second-order valence-corrected chi connectivity index (χ2v) is 5.07. The van der Waals surface area contributed by atoms with Gasteiger partial charge in [-0.2, -0.15) is 5.10 Å². The molecule has 0 bridgehead atoms. The van der Waals surface area contributed by atoms with Crippen LogP contribution in [0.4, 0.5) is 0 Å². The van der Waals surface area contributed by atoms with Gasteiger partial charge in [-0.05, 0) is 38.4 Å². The number of nitrogens with one attached hydrogen (secondary N) is 1. The molecule has 1 aromatic heterocycles. The zero-order chi connectivity index (χ0) is 13.7. The topological polar surface area (TPSA) is 29.9 Å². The second kappa shape index (κ2) is 6.53. The van der Waals surface area contributed by atoms with E-state index in [0.29, 0.717) is 6.04 Å². The first-order valence-corrected chi connectivity index (χ1v) is 6.99. The Labute approximate surface area is 115 Å². The molecule has 3 heteroatoms. The van der Waals surface area contributed by atoms with E-state index in [4.69, 9.17) is 0 Å². The number of benzene rings is 1. The van der Waals surface area contributed by atoms with Crippen molar-refractivity contribution in [1.82, 2.24) is 15.1 Å².